The highest BCUT2D eigenvalue weighted by molar-refractivity contribution is 6.76. The summed E-state index contributed by atoms with van der Waals surface area (Å²) < 4.78 is 0. The summed E-state index contributed by atoms with van der Waals surface area (Å²) in [4.78, 5) is 0. The molecule has 16 heavy (non-hydrogen) atoms. The highest BCUT2D eigenvalue weighted by Crippen LogP contribution is 2.36. The Kier molecular flexibility index (Phi) is 5.28. The first kappa shape index (κ1) is 16.2. The van der Waals surface area contributed by atoms with Gasteiger partial charge in [-0.15, -0.1) is 0 Å². The molecule has 0 saturated carbocycles. The van der Waals surface area contributed by atoms with Gasteiger partial charge in [0.25, 0.3) is 0 Å². The van der Waals surface area contributed by atoms with Gasteiger partial charge < -0.3 is 5.32 Å². The van der Waals surface area contributed by atoms with Crippen LogP contribution in [-0.4, -0.2) is 20.2 Å². The molecule has 0 aromatic carbocycles. The predicted octanol–water partition coefficient (Wildman–Crippen LogP) is 4.38. The van der Waals surface area contributed by atoms with Crippen LogP contribution in [-0.2, 0) is 0 Å². The lowest BCUT2D eigenvalue weighted by Gasteiger charge is -2.40. The Morgan fingerprint density at radius 2 is 1.44 bits per heavy atom. The number of hydrogen-bond donors (Lipinski definition) is 1. The molecule has 2 heteroatoms. The van der Waals surface area contributed by atoms with Crippen LogP contribution < -0.4 is 5.32 Å². The van der Waals surface area contributed by atoms with Gasteiger partial charge in [-0.25, -0.2) is 0 Å². The van der Waals surface area contributed by atoms with Gasteiger partial charge in [0.15, 0.2) is 0 Å². The van der Waals surface area contributed by atoms with Gasteiger partial charge in [-0.3, -0.25) is 0 Å². The second-order valence-electron chi connectivity index (χ2n) is 8.15. The molecule has 1 unspecified atom stereocenters. The zero-order valence-corrected chi connectivity index (χ0v) is 14.0. The van der Waals surface area contributed by atoms with Gasteiger partial charge in [-0.1, -0.05) is 46.5 Å². The molecule has 1 N–H and O–H groups in total. The molecule has 0 heterocycles. The molecule has 0 aliphatic carbocycles. The van der Waals surface area contributed by atoms with Crippen molar-refractivity contribution in [2.24, 2.45) is 11.3 Å². The lowest BCUT2D eigenvalue weighted by molar-refractivity contribution is 0.212. The average Bonchev–Trinajstić information content (AvgIpc) is 1.96. The highest BCUT2D eigenvalue weighted by Gasteiger charge is 2.34. The number of nitrogens with one attached hydrogen (secondary N) is 1. The Morgan fingerprint density at radius 1 is 1.00 bits per heavy atom. The van der Waals surface area contributed by atoms with E-state index in [1.165, 1.54) is 6.04 Å². The van der Waals surface area contributed by atoms with Crippen molar-refractivity contribution in [3.05, 3.63) is 0 Å². The van der Waals surface area contributed by atoms with Gasteiger partial charge in [-0.05, 0) is 32.1 Å². The van der Waals surface area contributed by atoms with Crippen LogP contribution in [0, 0.1) is 11.3 Å². The summed E-state index contributed by atoms with van der Waals surface area (Å²) >= 11 is 0. The first-order chi connectivity index (χ1) is 6.86. The smallest absolute Gasteiger partial charge is 0.0448 e. The molecular formula is C14H33NSi. The Hall–Kier alpha value is 0.177. The first-order valence-corrected chi connectivity index (χ1v) is 10.3. The summed E-state index contributed by atoms with van der Waals surface area (Å²) in [5.41, 5.74) is 0.674. The van der Waals surface area contributed by atoms with E-state index in [1.54, 1.807) is 0 Å². The van der Waals surface area contributed by atoms with Gasteiger partial charge in [0.05, 0.1) is 0 Å². The molecule has 0 spiro atoms. The topological polar surface area (TPSA) is 12.0 Å². The van der Waals surface area contributed by atoms with Crippen LogP contribution in [0.5, 0.6) is 0 Å². The van der Waals surface area contributed by atoms with Gasteiger partial charge in [0.2, 0.25) is 0 Å². The second-order valence-corrected chi connectivity index (χ2v) is 13.6. The molecule has 0 aromatic rings. The van der Waals surface area contributed by atoms with Gasteiger partial charge in [-0.2, -0.15) is 0 Å². The van der Waals surface area contributed by atoms with Gasteiger partial charge in [0.1, 0.15) is 0 Å². The quantitative estimate of drug-likeness (QED) is 0.707. The van der Waals surface area contributed by atoms with E-state index < -0.39 is 8.07 Å². The monoisotopic (exact) mass is 243 g/mol. The van der Waals surface area contributed by atoms with E-state index in [0.29, 0.717) is 5.41 Å². The maximum absolute atomic E-state index is 3.69. The molecule has 0 aliphatic heterocycles. The molecule has 0 aliphatic rings. The van der Waals surface area contributed by atoms with Crippen molar-refractivity contribution in [3.8, 4) is 0 Å². The summed E-state index contributed by atoms with van der Waals surface area (Å²) in [7, 11) is -0.992. The van der Waals surface area contributed by atoms with Crippen LogP contribution in [0.2, 0.25) is 25.7 Å². The Bertz CT molecular complexity index is 210. The van der Waals surface area contributed by atoms with Crippen molar-refractivity contribution in [2.75, 3.05) is 6.54 Å². The highest BCUT2D eigenvalue weighted by atomic mass is 28.3. The van der Waals surface area contributed by atoms with Gasteiger partial charge >= 0.3 is 0 Å². The molecule has 0 fully saturated rings. The van der Waals surface area contributed by atoms with Crippen molar-refractivity contribution in [2.45, 2.75) is 72.8 Å². The summed E-state index contributed by atoms with van der Waals surface area (Å²) in [5.74, 6) is 0.745. The van der Waals surface area contributed by atoms with E-state index in [2.05, 4.69) is 66.5 Å². The lowest BCUT2D eigenvalue weighted by Crippen LogP contribution is -2.47. The molecule has 1 nitrogen and oxygen atoms in total. The largest absolute Gasteiger partial charge is 0.312 e. The molecule has 0 rings (SSSR count). The molecule has 0 bridgehead atoms. The SMILES string of the molecule is CC(C)C(C)(CNC(C)(C)C)C[Si](C)(C)C. The van der Waals surface area contributed by atoms with Crippen LogP contribution in [0.4, 0.5) is 0 Å². The molecule has 0 saturated heterocycles. The summed E-state index contributed by atoms with van der Waals surface area (Å²) in [6.07, 6.45) is 0. The minimum absolute atomic E-state index is 0.232. The van der Waals surface area contributed by atoms with E-state index in [0.717, 1.165) is 12.5 Å². The zero-order chi connectivity index (χ0) is 13.2. The fraction of sp³-hybridized carbons (Fsp3) is 1.00. The van der Waals surface area contributed by atoms with Crippen molar-refractivity contribution >= 4 is 8.07 Å². The van der Waals surface area contributed by atoms with E-state index >= 15 is 0 Å². The lowest BCUT2D eigenvalue weighted by atomic mass is 9.80. The minimum atomic E-state index is -0.992. The van der Waals surface area contributed by atoms with Crippen molar-refractivity contribution in [1.29, 1.82) is 0 Å². The van der Waals surface area contributed by atoms with E-state index in [9.17, 15) is 0 Å². The van der Waals surface area contributed by atoms with Crippen molar-refractivity contribution in [3.63, 3.8) is 0 Å². The Morgan fingerprint density at radius 3 is 1.69 bits per heavy atom. The number of rotatable bonds is 5. The van der Waals surface area contributed by atoms with E-state index in [4.69, 9.17) is 0 Å². The third-order valence-corrected chi connectivity index (χ3v) is 5.22. The Balaban J connectivity index is 4.59. The summed E-state index contributed by atoms with van der Waals surface area (Å²) in [5, 5.41) is 3.69. The molecule has 1 atom stereocenters. The molecule has 98 valence electrons. The maximum Gasteiger partial charge on any atom is 0.0448 e. The van der Waals surface area contributed by atoms with Crippen LogP contribution >= 0.6 is 0 Å². The number of hydrogen-bond acceptors (Lipinski definition) is 1. The minimum Gasteiger partial charge on any atom is -0.312 e. The normalized spacial score (nSPS) is 17.6. The molecule has 0 amide bonds. The van der Waals surface area contributed by atoms with E-state index in [-0.39, 0.29) is 5.54 Å². The first-order valence-electron chi connectivity index (χ1n) is 6.61. The van der Waals surface area contributed by atoms with Crippen molar-refractivity contribution < 1.29 is 0 Å². The summed E-state index contributed by atoms with van der Waals surface area (Å²) in [6, 6.07) is 1.40. The fourth-order valence-electron chi connectivity index (χ4n) is 2.15. The molecular weight excluding hydrogens is 210 g/mol. The van der Waals surface area contributed by atoms with Crippen LogP contribution in [0.15, 0.2) is 0 Å². The molecule has 0 aromatic heterocycles. The second kappa shape index (κ2) is 5.22. The average molecular weight is 244 g/mol. The zero-order valence-electron chi connectivity index (χ0n) is 13.0. The fourth-order valence-corrected chi connectivity index (χ4v) is 5.11. The molecule has 0 radical (unpaired) electrons. The van der Waals surface area contributed by atoms with E-state index in [1.807, 2.05) is 0 Å². The Labute approximate surface area is 104 Å². The summed E-state index contributed by atoms with van der Waals surface area (Å²) in [6.45, 7) is 22.5. The third-order valence-electron chi connectivity index (χ3n) is 3.35. The van der Waals surface area contributed by atoms with Crippen LogP contribution in [0.25, 0.3) is 0 Å². The van der Waals surface area contributed by atoms with Crippen molar-refractivity contribution in [1.82, 2.24) is 5.32 Å². The third kappa shape index (κ3) is 6.69. The standard InChI is InChI=1S/C14H33NSi/c1-12(2)14(6,11-16(7,8)9)10-15-13(3,4)5/h12,15H,10-11H2,1-9H3. The van der Waals surface area contributed by atoms with Gasteiger partial charge in [0, 0.05) is 20.2 Å². The predicted molar refractivity (Wildman–Crippen MR) is 78.9 cm³/mol. The van der Waals surface area contributed by atoms with Crippen LogP contribution in [0.1, 0.15) is 41.5 Å². The van der Waals surface area contributed by atoms with Crippen LogP contribution in [0.3, 0.4) is 0 Å². The maximum atomic E-state index is 3.69.